The predicted octanol–water partition coefficient (Wildman–Crippen LogP) is 7.51. The number of fused-ring (bicyclic) bond motifs is 2. The molecule has 242 valence electrons. The second-order valence-electron chi connectivity index (χ2n) is 13.4. The van der Waals surface area contributed by atoms with E-state index in [0.29, 0.717) is 16.5 Å². The third kappa shape index (κ3) is 5.93. The first kappa shape index (κ1) is 33.6. The third-order valence-corrected chi connectivity index (χ3v) is 9.94. The Kier molecular flexibility index (Phi) is 9.10. The molecule has 0 N–H and O–H groups in total. The molecule has 0 bridgehead atoms. The van der Waals surface area contributed by atoms with Gasteiger partial charge in [0.1, 0.15) is 6.10 Å². The minimum atomic E-state index is -1.38. The van der Waals surface area contributed by atoms with Crippen molar-refractivity contribution >= 4 is 52.7 Å². The molecule has 1 fully saturated rings. The summed E-state index contributed by atoms with van der Waals surface area (Å²) in [5, 5.41) is 0.857. The maximum atomic E-state index is 14.7. The van der Waals surface area contributed by atoms with E-state index in [4.69, 9.17) is 37.4 Å². The molecule has 0 spiro atoms. The van der Waals surface area contributed by atoms with Crippen molar-refractivity contribution in [1.29, 1.82) is 0 Å². The van der Waals surface area contributed by atoms with Crippen LogP contribution in [-0.4, -0.2) is 41.7 Å². The molecule has 0 aliphatic heterocycles. The quantitative estimate of drug-likeness (QED) is 0.177. The second kappa shape index (κ2) is 12.5. The Bertz CT molecular complexity index is 1680. The molecule has 3 aliphatic rings. The highest BCUT2D eigenvalue weighted by molar-refractivity contribution is 6.31. The van der Waals surface area contributed by atoms with Crippen molar-refractivity contribution in [2.45, 2.75) is 73.0 Å². The van der Waals surface area contributed by atoms with E-state index in [0.717, 1.165) is 12.8 Å². The van der Waals surface area contributed by atoms with Crippen LogP contribution in [0.15, 0.2) is 71.0 Å². The van der Waals surface area contributed by atoms with E-state index >= 15 is 0 Å². The fourth-order valence-electron chi connectivity index (χ4n) is 7.65. The molecule has 3 aliphatic carbocycles. The number of halogens is 2. The van der Waals surface area contributed by atoms with Gasteiger partial charge in [0.05, 0.1) is 16.7 Å². The van der Waals surface area contributed by atoms with Crippen molar-refractivity contribution in [3.05, 3.63) is 92.2 Å². The molecule has 46 heavy (non-hydrogen) atoms. The second-order valence-corrected chi connectivity index (χ2v) is 14.3. The van der Waals surface area contributed by atoms with E-state index in [1.807, 2.05) is 20.8 Å². The smallest absolute Gasteiger partial charge is 0.343 e. The number of hydrogen-bond acceptors (Lipinski definition) is 8. The predicted molar refractivity (Wildman–Crippen MR) is 171 cm³/mol. The van der Waals surface area contributed by atoms with Crippen LogP contribution < -0.4 is 0 Å². The van der Waals surface area contributed by atoms with Gasteiger partial charge in [-0.3, -0.25) is 14.4 Å². The molecular weight excluding hydrogens is 631 g/mol. The number of allylic oxidation sites excluding steroid dienone is 2. The Morgan fingerprint density at radius 1 is 0.804 bits per heavy atom. The summed E-state index contributed by atoms with van der Waals surface area (Å²) < 4.78 is 17.8. The molecule has 4 atom stereocenters. The molecule has 8 nitrogen and oxygen atoms in total. The largest absolute Gasteiger partial charge is 0.454 e. The minimum Gasteiger partial charge on any atom is -0.454 e. The van der Waals surface area contributed by atoms with Crippen LogP contribution in [0.2, 0.25) is 10.0 Å². The Balaban J connectivity index is 1.68. The summed E-state index contributed by atoms with van der Waals surface area (Å²) in [7, 11) is 0. The number of carbonyl (C=O) groups excluding carboxylic acids is 5. The topological polar surface area (TPSA) is 113 Å². The molecule has 0 heterocycles. The maximum absolute atomic E-state index is 14.7. The van der Waals surface area contributed by atoms with Crippen molar-refractivity contribution in [2.24, 2.45) is 22.7 Å². The van der Waals surface area contributed by atoms with E-state index in [2.05, 4.69) is 0 Å². The number of rotatable bonds is 6. The van der Waals surface area contributed by atoms with Crippen LogP contribution in [0.1, 0.15) is 81.5 Å². The lowest BCUT2D eigenvalue weighted by Crippen LogP contribution is -2.61. The van der Waals surface area contributed by atoms with Crippen molar-refractivity contribution < 1.29 is 38.2 Å². The highest BCUT2D eigenvalue weighted by atomic mass is 35.5. The molecule has 0 saturated heterocycles. The number of benzene rings is 2. The van der Waals surface area contributed by atoms with Crippen molar-refractivity contribution in [2.75, 3.05) is 0 Å². The number of ketones is 2. The molecule has 0 unspecified atom stereocenters. The van der Waals surface area contributed by atoms with Crippen LogP contribution in [0.4, 0.5) is 0 Å². The Morgan fingerprint density at radius 2 is 1.35 bits per heavy atom. The van der Waals surface area contributed by atoms with Gasteiger partial charge in [0.2, 0.25) is 5.78 Å². The van der Waals surface area contributed by atoms with Gasteiger partial charge < -0.3 is 14.2 Å². The van der Waals surface area contributed by atoms with E-state index < -0.39 is 64.3 Å². The molecule has 10 heteroatoms. The van der Waals surface area contributed by atoms with Gasteiger partial charge in [-0.15, -0.1) is 0 Å². The van der Waals surface area contributed by atoms with E-state index in [1.165, 1.54) is 43.3 Å². The zero-order valence-electron chi connectivity index (χ0n) is 26.6. The highest BCUT2D eigenvalue weighted by Gasteiger charge is 2.64. The molecule has 2 aromatic rings. The summed E-state index contributed by atoms with van der Waals surface area (Å²) in [4.78, 5) is 68.8. The standard InChI is InChI=1S/C36H36Cl2O8/c1-18(2)24-27(40)25-26(28(41)29(24)45-33(42)20-8-12-22(37)13-9-20)36(6)17-7-16-35(4,5)32(36)31(30(25)44-19(3)39)46-34(43)21-10-14-23(38)15-11-21/h8-15,18,30-32H,7,16-17H2,1-6H3/t30-,31+,32-,36+/m0/s1. The first-order chi connectivity index (χ1) is 21.6. The van der Waals surface area contributed by atoms with Gasteiger partial charge in [-0.25, -0.2) is 9.59 Å². The summed E-state index contributed by atoms with van der Waals surface area (Å²) in [6.07, 6.45) is -0.552. The average Bonchev–Trinajstić information content (AvgIpc) is 2.96. The van der Waals surface area contributed by atoms with E-state index in [1.54, 1.807) is 26.0 Å². The van der Waals surface area contributed by atoms with Crippen LogP contribution in [-0.2, 0) is 28.6 Å². The van der Waals surface area contributed by atoms with Crippen molar-refractivity contribution in [3.8, 4) is 0 Å². The maximum Gasteiger partial charge on any atom is 0.343 e. The van der Waals surface area contributed by atoms with Gasteiger partial charge >= 0.3 is 17.9 Å². The number of ether oxygens (including phenoxy) is 3. The third-order valence-electron chi connectivity index (χ3n) is 9.43. The summed E-state index contributed by atoms with van der Waals surface area (Å²) in [5.41, 5.74) is -1.09. The number of hydrogen-bond donors (Lipinski definition) is 0. The zero-order chi connectivity index (χ0) is 33.7. The molecule has 0 amide bonds. The lowest BCUT2D eigenvalue weighted by molar-refractivity contribution is -0.167. The minimum absolute atomic E-state index is 0.0249. The summed E-state index contributed by atoms with van der Waals surface area (Å²) in [6.45, 7) is 10.5. The molecule has 0 radical (unpaired) electrons. The van der Waals surface area contributed by atoms with Gasteiger partial charge in [0.15, 0.2) is 17.6 Å². The van der Waals surface area contributed by atoms with Crippen LogP contribution in [0.25, 0.3) is 0 Å². The van der Waals surface area contributed by atoms with Gasteiger partial charge in [-0.05, 0) is 72.7 Å². The van der Waals surface area contributed by atoms with Crippen molar-refractivity contribution in [3.63, 3.8) is 0 Å². The molecule has 1 saturated carbocycles. The molecule has 2 aromatic carbocycles. The highest BCUT2D eigenvalue weighted by Crippen LogP contribution is 2.62. The van der Waals surface area contributed by atoms with Crippen LogP contribution in [0.5, 0.6) is 0 Å². The van der Waals surface area contributed by atoms with Gasteiger partial charge in [-0.1, -0.05) is 64.2 Å². The molecule has 0 aromatic heterocycles. The fraction of sp³-hybridized carbons (Fsp3) is 0.417. The van der Waals surface area contributed by atoms with Crippen LogP contribution in [0, 0.1) is 22.7 Å². The SMILES string of the molecule is CC(=O)O[C@H]1C2=C(C(=O)C(OC(=O)c3ccc(Cl)cc3)=C(C(C)C)C2=O)[C@@]2(C)CCCC(C)(C)[C@@H]2[C@@H]1OC(=O)c1ccc(Cl)cc1. The summed E-state index contributed by atoms with van der Waals surface area (Å²) >= 11 is 12.0. The lowest BCUT2D eigenvalue weighted by atomic mass is 9.47. The van der Waals surface area contributed by atoms with Gasteiger partial charge in [-0.2, -0.15) is 0 Å². The Hall–Kier alpha value is -3.75. The molecular formula is C36H36Cl2O8. The van der Waals surface area contributed by atoms with E-state index in [9.17, 15) is 24.0 Å². The average molecular weight is 668 g/mol. The first-order valence-corrected chi connectivity index (χ1v) is 16.0. The Labute approximate surface area is 278 Å². The number of esters is 3. The van der Waals surface area contributed by atoms with Crippen LogP contribution in [0.3, 0.4) is 0 Å². The van der Waals surface area contributed by atoms with Crippen molar-refractivity contribution in [1.82, 2.24) is 0 Å². The monoisotopic (exact) mass is 666 g/mol. The fourth-order valence-corrected chi connectivity index (χ4v) is 7.90. The normalized spacial score (nSPS) is 25.5. The lowest BCUT2D eigenvalue weighted by Gasteiger charge is -2.58. The zero-order valence-corrected chi connectivity index (χ0v) is 28.1. The van der Waals surface area contributed by atoms with Gasteiger partial charge in [0.25, 0.3) is 0 Å². The number of carbonyl (C=O) groups is 5. The molecule has 5 rings (SSSR count). The summed E-state index contributed by atoms with van der Waals surface area (Å²) in [5.74, 6) is -4.88. The Morgan fingerprint density at radius 3 is 1.87 bits per heavy atom. The van der Waals surface area contributed by atoms with Gasteiger partial charge in [0, 0.05) is 39.4 Å². The first-order valence-electron chi connectivity index (χ1n) is 15.3. The number of Topliss-reactive ketones (excluding diaryl/α,β-unsaturated/α-hetero) is 2. The van der Waals surface area contributed by atoms with Crippen LogP contribution >= 0.6 is 23.2 Å². The van der Waals surface area contributed by atoms with E-state index in [-0.39, 0.29) is 33.6 Å². The summed E-state index contributed by atoms with van der Waals surface area (Å²) in [6, 6.07) is 12.2.